The van der Waals surface area contributed by atoms with E-state index in [1.807, 2.05) is 0 Å². The first-order chi connectivity index (χ1) is 5.74. The van der Waals surface area contributed by atoms with Crippen LogP contribution in [0.4, 0.5) is 0 Å². The lowest BCUT2D eigenvalue weighted by molar-refractivity contribution is -0.125. The average molecular weight is 168 g/mol. The number of carbonyl (C=O) groups excluding carboxylic acids is 1. The first-order valence-corrected chi connectivity index (χ1v) is 5.26. The predicted octanol–water partition coefficient (Wildman–Crippen LogP) is 3.18. The minimum atomic E-state index is 0.350. The lowest BCUT2D eigenvalue weighted by Gasteiger charge is -2.24. The second-order valence-corrected chi connectivity index (χ2v) is 4.16. The van der Waals surface area contributed by atoms with E-state index in [4.69, 9.17) is 0 Å². The van der Waals surface area contributed by atoms with E-state index in [-0.39, 0.29) is 0 Å². The Kier molecular flexibility index (Phi) is 3.77. The summed E-state index contributed by atoms with van der Waals surface area (Å²) in [6.45, 7) is 4.28. The van der Waals surface area contributed by atoms with Gasteiger partial charge in [-0.2, -0.15) is 0 Å². The van der Waals surface area contributed by atoms with Crippen molar-refractivity contribution in [2.45, 2.75) is 52.4 Å². The molecule has 12 heavy (non-hydrogen) atoms. The molecule has 0 spiro atoms. The minimum absolute atomic E-state index is 0.350. The molecule has 0 saturated heterocycles. The largest absolute Gasteiger partial charge is 0.299 e. The summed E-state index contributed by atoms with van der Waals surface area (Å²) in [5.41, 5.74) is 0. The molecule has 1 rings (SSSR count). The van der Waals surface area contributed by atoms with Gasteiger partial charge >= 0.3 is 0 Å². The number of hydrogen-bond donors (Lipinski definition) is 0. The molecule has 0 N–H and O–H groups in total. The summed E-state index contributed by atoms with van der Waals surface area (Å²) >= 11 is 0. The molecule has 2 atom stereocenters. The van der Waals surface area contributed by atoms with Crippen LogP contribution in [-0.4, -0.2) is 5.78 Å². The summed E-state index contributed by atoms with van der Waals surface area (Å²) in [7, 11) is 0. The fourth-order valence-corrected chi connectivity index (χ4v) is 1.97. The van der Waals surface area contributed by atoms with Gasteiger partial charge in [0, 0.05) is 12.3 Å². The van der Waals surface area contributed by atoms with Gasteiger partial charge in [-0.25, -0.2) is 0 Å². The van der Waals surface area contributed by atoms with Crippen LogP contribution in [0.2, 0.25) is 0 Å². The normalized spacial score (nSPS) is 30.7. The van der Waals surface area contributed by atoms with Gasteiger partial charge in [0.05, 0.1) is 0 Å². The molecule has 0 aromatic rings. The van der Waals surface area contributed by atoms with Crippen LogP contribution >= 0.6 is 0 Å². The molecule has 1 aliphatic carbocycles. The molecule has 0 unspecified atom stereocenters. The zero-order valence-corrected chi connectivity index (χ0v) is 8.31. The molecule has 1 saturated carbocycles. The molecule has 0 radical (unpaired) electrons. The molecule has 0 aliphatic heterocycles. The van der Waals surface area contributed by atoms with Crippen LogP contribution in [0.1, 0.15) is 52.4 Å². The molecule has 0 heterocycles. The molecule has 0 aromatic heterocycles. The van der Waals surface area contributed by atoms with Crippen LogP contribution < -0.4 is 0 Å². The number of ketones is 1. The first-order valence-electron chi connectivity index (χ1n) is 5.26. The third-order valence-corrected chi connectivity index (χ3v) is 3.01. The fraction of sp³-hybridized carbons (Fsp3) is 0.909. The van der Waals surface area contributed by atoms with Crippen molar-refractivity contribution in [1.82, 2.24) is 0 Å². The summed E-state index contributed by atoms with van der Waals surface area (Å²) in [6, 6.07) is 0. The van der Waals surface area contributed by atoms with E-state index < -0.39 is 0 Å². The highest BCUT2D eigenvalue weighted by Crippen LogP contribution is 2.28. The van der Waals surface area contributed by atoms with Crippen molar-refractivity contribution in [3.63, 3.8) is 0 Å². The maximum Gasteiger partial charge on any atom is 0.135 e. The zero-order valence-electron chi connectivity index (χ0n) is 8.31. The number of unbranched alkanes of at least 4 members (excludes halogenated alkanes) is 1. The van der Waals surface area contributed by atoms with E-state index in [9.17, 15) is 4.79 Å². The highest BCUT2D eigenvalue weighted by molar-refractivity contribution is 5.81. The van der Waals surface area contributed by atoms with E-state index in [2.05, 4.69) is 13.8 Å². The van der Waals surface area contributed by atoms with E-state index >= 15 is 0 Å². The number of carbonyl (C=O) groups is 1. The Hall–Kier alpha value is -0.330. The Bertz CT molecular complexity index is 149. The summed E-state index contributed by atoms with van der Waals surface area (Å²) < 4.78 is 0. The van der Waals surface area contributed by atoms with E-state index in [0.717, 1.165) is 12.8 Å². The highest BCUT2D eigenvalue weighted by atomic mass is 16.1. The van der Waals surface area contributed by atoms with Crippen LogP contribution in [0.15, 0.2) is 0 Å². The topological polar surface area (TPSA) is 17.1 Å². The lowest BCUT2D eigenvalue weighted by Crippen LogP contribution is -2.22. The van der Waals surface area contributed by atoms with Gasteiger partial charge in [0.25, 0.3) is 0 Å². The average Bonchev–Trinajstić information content (AvgIpc) is 2.07. The van der Waals surface area contributed by atoms with E-state index in [0.29, 0.717) is 17.6 Å². The van der Waals surface area contributed by atoms with Gasteiger partial charge in [-0.15, -0.1) is 0 Å². The number of rotatable bonds is 3. The Morgan fingerprint density at radius 1 is 1.42 bits per heavy atom. The van der Waals surface area contributed by atoms with Crippen LogP contribution in [0.5, 0.6) is 0 Å². The zero-order chi connectivity index (χ0) is 8.97. The summed E-state index contributed by atoms with van der Waals surface area (Å²) in [5, 5.41) is 0. The van der Waals surface area contributed by atoms with Gasteiger partial charge in [0.15, 0.2) is 0 Å². The minimum Gasteiger partial charge on any atom is -0.299 e. The van der Waals surface area contributed by atoms with E-state index in [1.165, 1.54) is 25.7 Å². The van der Waals surface area contributed by atoms with Gasteiger partial charge in [0.1, 0.15) is 5.78 Å². The molecule has 1 fully saturated rings. The van der Waals surface area contributed by atoms with Crippen LogP contribution in [0.3, 0.4) is 0 Å². The molecule has 1 heteroatoms. The monoisotopic (exact) mass is 168 g/mol. The van der Waals surface area contributed by atoms with Crippen molar-refractivity contribution in [3.05, 3.63) is 0 Å². The standard InChI is InChI=1S/C11H20O/c1-3-4-5-10-7-6-9(2)11(12)8-10/h9-10H,3-8H2,1-2H3/t9-,10-/m1/s1. The lowest BCUT2D eigenvalue weighted by atomic mass is 9.80. The van der Waals surface area contributed by atoms with Crippen molar-refractivity contribution >= 4 is 5.78 Å². The third kappa shape index (κ3) is 2.62. The van der Waals surface area contributed by atoms with Gasteiger partial charge < -0.3 is 0 Å². The second-order valence-electron chi connectivity index (χ2n) is 4.16. The predicted molar refractivity (Wildman–Crippen MR) is 51.0 cm³/mol. The van der Waals surface area contributed by atoms with Crippen molar-refractivity contribution in [1.29, 1.82) is 0 Å². The van der Waals surface area contributed by atoms with Gasteiger partial charge in [-0.05, 0) is 18.8 Å². The van der Waals surface area contributed by atoms with Crippen LogP contribution in [-0.2, 0) is 4.79 Å². The molecule has 0 amide bonds. The van der Waals surface area contributed by atoms with E-state index in [1.54, 1.807) is 0 Å². The molecule has 1 nitrogen and oxygen atoms in total. The number of Topliss-reactive ketones (excluding diaryl/α,β-unsaturated/α-hetero) is 1. The molecular weight excluding hydrogens is 148 g/mol. The molecule has 1 aliphatic rings. The SMILES string of the molecule is CCCC[C@@H]1CC[C@@H](C)C(=O)C1. The highest BCUT2D eigenvalue weighted by Gasteiger charge is 2.24. The maximum atomic E-state index is 11.4. The summed E-state index contributed by atoms with van der Waals surface area (Å²) in [4.78, 5) is 11.4. The van der Waals surface area contributed by atoms with Crippen molar-refractivity contribution in [3.8, 4) is 0 Å². The Morgan fingerprint density at radius 3 is 2.75 bits per heavy atom. The third-order valence-electron chi connectivity index (χ3n) is 3.01. The maximum absolute atomic E-state index is 11.4. The Balaban J connectivity index is 2.25. The Labute approximate surface area is 75.5 Å². The van der Waals surface area contributed by atoms with Crippen molar-refractivity contribution < 1.29 is 4.79 Å². The Morgan fingerprint density at radius 2 is 2.17 bits per heavy atom. The van der Waals surface area contributed by atoms with Crippen molar-refractivity contribution in [2.24, 2.45) is 11.8 Å². The number of hydrogen-bond acceptors (Lipinski definition) is 1. The molecule has 70 valence electrons. The smallest absolute Gasteiger partial charge is 0.135 e. The summed E-state index contributed by atoms with van der Waals surface area (Å²) in [5.74, 6) is 1.57. The molecular formula is C11H20O. The van der Waals surface area contributed by atoms with Gasteiger partial charge in [0.2, 0.25) is 0 Å². The fourth-order valence-electron chi connectivity index (χ4n) is 1.97. The molecule has 0 aromatic carbocycles. The van der Waals surface area contributed by atoms with Crippen LogP contribution in [0.25, 0.3) is 0 Å². The van der Waals surface area contributed by atoms with Gasteiger partial charge in [-0.3, -0.25) is 4.79 Å². The second kappa shape index (κ2) is 4.64. The van der Waals surface area contributed by atoms with Crippen molar-refractivity contribution in [2.75, 3.05) is 0 Å². The van der Waals surface area contributed by atoms with Crippen LogP contribution in [0, 0.1) is 11.8 Å². The molecule has 0 bridgehead atoms. The first kappa shape index (κ1) is 9.76. The van der Waals surface area contributed by atoms with Gasteiger partial charge in [-0.1, -0.05) is 33.1 Å². The quantitative estimate of drug-likeness (QED) is 0.632. The summed E-state index contributed by atoms with van der Waals surface area (Å²) in [6.07, 6.45) is 7.11.